The molecule has 0 amide bonds. The molecular formula is C16H15N5S. The Morgan fingerprint density at radius 2 is 2.00 bits per heavy atom. The maximum absolute atomic E-state index is 9.20. The van der Waals surface area contributed by atoms with Gasteiger partial charge in [-0.3, -0.25) is 0 Å². The normalized spacial score (nSPS) is 10.5. The highest BCUT2D eigenvalue weighted by Crippen LogP contribution is 2.41. The van der Waals surface area contributed by atoms with Crippen LogP contribution in [0, 0.1) is 31.8 Å². The van der Waals surface area contributed by atoms with Gasteiger partial charge in [-0.05, 0) is 43.2 Å². The topological polar surface area (TPSA) is 56.1 Å². The van der Waals surface area contributed by atoms with Crippen LogP contribution in [0.1, 0.15) is 16.7 Å². The Morgan fingerprint density at radius 3 is 2.55 bits per heavy atom. The van der Waals surface area contributed by atoms with Gasteiger partial charge < -0.3 is 4.90 Å². The molecule has 0 fully saturated rings. The molecule has 2 aromatic rings. The Balaban J connectivity index is 2.38. The number of nitrogens with zero attached hydrogens (tertiary/aromatic N) is 5. The quantitative estimate of drug-likeness (QED) is 0.573. The highest BCUT2D eigenvalue weighted by Gasteiger charge is 2.14. The summed E-state index contributed by atoms with van der Waals surface area (Å²) >= 11 is 1.20. The van der Waals surface area contributed by atoms with Crippen molar-refractivity contribution in [2.45, 2.75) is 13.8 Å². The van der Waals surface area contributed by atoms with Crippen LogP contribution in [0.2, 0.25) is 0 Å². The molecule has 0 N–H and O–H groups in total. The average molecular weight is 309 g/mol. The summed E-state index contributed by atoms with van der Waals surface area (Å²) in [6, 6.07) is 8.00. The molecule has 1 heterocycles. The van der Waals surface area contributed by atoms with Gasteiger partial charge in [0.1, 0.15) is 11.1 Å². The third-order valence-corrected chi connectivity index (χ3v) is 4.33. The first-order valence-electron chi connectivity index (χ1n) is 6.58. The minimum absolute atomic E-state index is 0.433. The molecule has 22 heavy (non-hydrogen) atoms. The van der Waals surface area contributed by atoms with Gasteiger partial charge in [-0.1, -0.05) is 0 Å². The van der Waals surface area contributed by atoms with Gasteiger partial charge in [0.15, 0.2) is 0 Å². The highest BCUT2D eigenvalue weighted by molar-refractivity contribution is 7.20. The summed E-state index contributed by atoms with van der Waals surface area (Å²) in [5.74, 6) is 0. The molecule has 0 aliphatic heterocycles. The van der Waals surface area contributed by atoms with Crippen molar-refractivity contribution in [3.05, 3.63) is 46.3 Å². The number of aryl methyl sites for hydroxylation is 1. The van der Waals surface area contributed by atoms with Gasteiger partial charge in [0, 0.05) is 19.8 Å². The van der Waals surface area contributed by atoms with Crippen LogP contribution in [0.25, 0.3) is 4.85 Å². The van der Waals surface area contributed by atoms with E-state index < -0.39 is 0 Å². The number of thiophene rings is 1. The average Bonchev–Trinajstić information content (AvgIpc) is 2.81. The van der Waals surface area contributed by atoms with Gasteiger partial charge in [-0.2, -0.15) is 5.26 Å². The fraction of sp³-hybridized carbons (Fsp3) is 0.250. The van der Waals surface area contributed by atoms with Gasteiger partial charge in [-0.25, -0.2) is 4.85 Å². The van der Waals surface area contributed by atoms with Crippen molar-refractivity contribution in [2.75, 3.05) is 19.0 Å². The Bertz CT molecular complexity index is 818. The lowest BCUT2D eigenvalue weighted by atomic mass is 10.2. The van der Waals surface area contributed by atoms with Crippen LogP contribution >= 0.6 is 11.3 Å². The zero-order valence-corrected chi connectivity index (χ0v) is 13.7. The third kappa shape index (κ3) is 2.98. The maximum atomic E-state index is 9.20. The fourth-order valence-corrected chi connectivity index (χ4v) is 2.79. The smallest absolute Gasteiger partial charge is 0.247 e. The lowest BCUT2D eigenvalue weighted by molar-refractivity contribution is 1.12. The Kier molecular flexibility index (Phi) is 4.55. The summed E-state index contributed by atoms with van der Waals surface area (Å²) in [6.45, 7) is 10.8. The van der Waals surface area contributed by atoms with Gasteiger partial charge in [0.2, 0.25) is 5.00 Å². The first-order chi connectivity index (χ1) is 10.5. The monoisotopic (exact) mass is 309 g/mol. The van der Waals surface area contributed by atoms with E-state index in [1.807, 2.05) is 44.1 Å². The van der Waals surface area contributed by atoms with E-state index in [4.69, 9.17) is 6.57 Å². The van der Waals surface area contributed by atoms with Gasteiger partial charge >= 0.3 is 0 Å². The Hall–Kier alpha value is -2.70. The molecule has 0 saturated carbocycles. The minimum Gasteiger partial charge on any atom is -0.378 e. The predicted molar refractivity (Wildman–Crippen MR) is 89.7 cm³/mol. The van der Waals surface area contributed by atoms with Gasteiger partial charge in [0.25, 0.3) is 0 Å². The van der Waals surface area contributed by atoms with E-state index in [1.165, 1.54) is 11.3 Å². The second kappa shape index (κ2) is 6.38. The summed E-state index contributed by atoms with van der Waals surface area (Å²) < 4.78 is 0. The summed E-state index contributed by atoms with van der Waals surface area (Å²) in [5, 5.41) is 18.6. The van der Waals surface area contributed by atoms with Crippen LogP contribution in [0.15, 0.2) is 28.4 Å². The van der Waals surface area contributed by atoms with E-state index in [2.05, 4.69) is 21.1 Å². The number of nitriles is 1. The molecule has 0 saturated heterocycles. The Morgan fingerprint density at radius 1 is 1.27 bits per heavy atom. The summed E-state index contributed by atoms with van der Waals surface area (Å²) in [4.78, 5) is 5.43. The van der Waals surface area contributed by atoms with Crippen LogP contribution in [0.3, 0.4) is 0 Å². The number of azo groups is 1. The van der Waals surface area contributed by atoms with Crippen molar-refractivity contribution in [1.82, 2.24) is 0 Å². The van der Waals surface area contributed by atoms with E-state index in [1.54, 1.807) is 6.92 Å². The van der Waals surface area contributed by atoms with Crippen molar-refractivity contribution in [2.24, 2.45) is 10.2 Å². The third-order valence-electron chi connectivity index (χ3n) is 3.26. The molecule has 110 valence electrons. The van der Waals surface area contributed by atoms with E-state index in [9.17, 15) is 5.26 Å². The van der Waals surface area contributed by atoms with Crippen molar-refractivity contribution in [3.63, 3.8) is 0 Å². The van der Waals surface area contributed by atoms with E-state index in [0.29, 0.717) is 21.1 Å². The molecule has 6 heteroatoms. The van der Waals surface area contributed by atoms with Crippen molar-refractivity contribution in [3.8, 4) is 6.07 Å². The SMILES string of the molecule is [C-]#[N+]c1sc(N=Nc2ccc(N(C)C)cc2C)c(C#N)c1C. The number of anilines is 1. The zero-order valence-electron chi connectivity index (χ0n) is 12.9. The van der Waals surface area contributed by atoms with Gasteiger partial charge in [-0.15, -0.1) is 21.6 Å². The molecule has 5 nitrogen and oxygen atoms in total. The fourth-order valence-electron chi connectivity index (χ4n) is 1.92. The number of hydrogen-bond donors (Lipinski definition) is 0. The molecule has 1 aromatic carbocycles. The molecule has 0 radical (unpaired) electrons. The summed E-state index contributed by atoms with van der Waals surface area (Å²) in [7, 11) is 3.96. The van der Waals surface area contributed by atoms with E-state index >= 15 is 0 Å². The maximum Gasteiger partial charge on any atom is 0.247 e. The van der Waals surface area contributed by atoms with Crippen molar-refractivity contribution in [1.29, 1.82) is 5.26 Å². The molecule has 0 aliphatic rings. The second-order valence-corrected chi connectivity index (χ2v) is 5.98. The van der Waals surface area contributed by atoms with Crippen LogP contribution in [0.5, 0.6) is 0 Å². The van der Waals surface area contributed by atoms with Crippen LogP contribution in [0.4, 0.5) is 21.4 Å². The zero-order chi connectivity index (χ0) is 16.3. The van der Waals surface area contributed by atoms with Crippen LogP contribution < -0.4 is 4.90 Å². The molecule has 2 rings (SSSR count). The lowest BCUT2D eigenvalue weighted by Gasteiger charge is -2.13. The van der Waals surface area contributed by atoms with Crippen molar-refractivity contribution >= 4 is 32.7 Å². The first-order valence-corrected chi connectivity index (χ1v) is 7.40. The number of rotatable bonds is 3. The molecular weight excluding hydrogens is 294 g/mol. The standard InChI is InChI=1S/C16H15N5S/c1-10-8-12(21(4)5)6-7-14(10)19-20-16-13(9-17)11(2)15(18-3)22-16/h6-8H,1-2,4-5H3. The molecule has 1 aromatic heterocycles. The largest absolute Gasteiger partial charge is 0.378 e. The summed E-state index contributed by atoms with van der Waals surface area (Å²) in [6.07, 6.45) is 0. The van der Waals surface area contributed by atoms with Crippen molar-refractivity contribution < 1.29 is 0 Å². The van der Waals surface area contributed by atoms with Crippen LogP contribution in [-0.4, -0.2) is 14.1 Å². The molecule has 0 aliphatic carbocycles. The predicted octanol–water partition coefficient (Wildman–Crippen LogP) is 5.27. The number of benzene rings is 1. The molecule has 0 bridgehead atoms. The lowest BCUT2D eigenvalue weighted by Crippen LogP contribution is -2.08. The number of hydrogen-bond acceptors (Lipinski definition) is 5. The highest BCUT2D eigenvalue weighted by atomic mass is 32.1. The molecule has 0 atom stereocenters. The van der Waals surface area contributed by atoms with E-state index in [0.717, 1.165) is 16.9 Å². The van der Waals surface area contributed by atoms with Gasteiger partial charge in [0.05, 0.1) is 17.8 Å². The van der Waals surface area contributed by atoms with E-state index in [-0.39, 0.29) is 0 Å². The Labute approximate surface area is 134 Å². The summed E-state index contributed by atoms with van der Waals surface area (Å²) in [5.41, 5.74) is 3.96. The first kappa shape index (κ1) is 15.7. The minimum atomic E-state index is 0.433. The van der Waals surface area contributed by atoms with Crippen LogP contribution in [-0.2, 0) is 0 Å². The second-order valence-electron chi connectivity index (χ2n) is 5.00. The molecule has 0 spiro atoms. The molecule has 0 unspecified atom stereocenters.